The lowest BCUT2D eigenvalue weighted by atomic mass is 10.1. The number of phenols is 1. The third-order valence-corrected chi connectivity index (χ3v) is 4.86. The van der Waals surface area contributed by atoms with Gasteiger partial charge in [-0.05, 0) is 62.3 Å². The van der Waals surface area contributed by atoms with Crippen molar-refractivity contribution in [1.82, 2.24) is 4.90 Å². The second kappa shape index (κ2) is 9.58. The monoisotopic (exact) mass is 386 g/mol. The zero-order valence-electron chi connectivity index (χ0n) is 15.6. The number of para-hydroxylation sites is 1. The largest absolute Gasteiger partial charge is 0.508 e. The van der Waals surface area contributed by atoms with E-state index in [0.29, 0.717) is 24.8 Å². The fourth-order valence-electron chi connectivity index (χ4n) is 3.11. The molecule has 0 aliphatic carbocycles. The van der Waals surface area contributed by atoms with Crippen LogP contribution in [-0.2, 0) is 11.3 Å². The number of thiocarbonyl (C=S) groups is 1. The molecule has 0 spiro atoms. The predicted molar refractivity (Wildman–Crippen MR) is 111 cm³/mol. The van der Waals surface area contributed by atoms with Crippen LogP contribution < -0.4 is 10.1 Å². The Morgan fingerprint density at radius 2 is 2.04 bits per heavy atom. The van der Waals surface area contributed by atoms with Crippen LogP contribution in [0.4, 0.5) is 5.69 Å². The van der Waals surface area contributed by atoms with E-state index in [-0.39, 0.29) is 11.9 Å². The highest BCUT2D eigenvalue weighted by Gasteiger charge is 2.22. The van der Waals surface area contributed by atoms with Gasteiger partial charge in [0, 0.05) is 30.9 Å². The summed E-state index contributed by atoms with van der Waals surface area (Å²) in [4.78, 5) is 2.05. The van der Waals surface area contributed by atoms with Crippen molar-refractivity contribution in [3.8, 4) is 11.5 Å². The topological polar surface area (TPSA) is 54.0 Å². The van der Waals surface area contributed by atoms with Crippen LogP contribution in [-0.4, -0.2) is 41.0 Å². The van der Waals surface area contributed by atoms with Gasteiger partial charge in [-0.25, -0.2) is 0 Å². The fraction of sp³-hybridized carbons (Fsp3) is 0.381. The number of nitrogens with one attached hydrogen (secondary N) is 1. The molecule has 1 atom stereocenters. The Morgan fingerprint density at radius 1 is 1.26 bits per heavy atom. The van der Waals surface area contributed by atoms with E-state index in [1.165, 1.54) is 0 Å². The molecule has 0 amide bonds. The summed E-state index contributed by atoms with van der Waals surface area (Å²) in [5.74, 6) is 1.11. The van der Waals surface area contributed by atoms with Crippen LogP contribution >= 0.6 is 12.2 Å². The highest BCUT2D eigenvalue weighted by Crippen LogP contribution is 2.22. The van der Waals surface area contributed by atoms with Gasteiger partial charge in [0.25, 0.3) is 0 Å². The molecule has 2 aromatic rings. The lowest BCUT2D eigenvalue weighted by Crippen LogP contribution is -2.39. The molecule has 5 nitrogen and oxygen atoms in total. The fourth-order valence-corrected chi connectivity index (χ4v) is 3.36. The molecule has 0 radical (unpaired) electrons. The van der Waals surface area contributed by atoms with Gasteiger partial charge in [0.15, 0.2) is 5.11 Å². The van der Waals surface area contributed by atoms with Crippen molar-refractivity contribution in [1.29, 1.82) is 0 Å². The maximum Gasteiger partial charge on any atom is 0.173 e. The lowest BCUT2D eigenvalue weighted by Gasteiger charge is -2.28. The molecule has 2 N–H and O–H groups in total. The van der Waals surface area contributed by atoms with Crippen molar-refractivity contribution in [2.45, 2.75) is 32.4 Å². The summed E-state index contributed by atoms with van der Waals surface area (Å²) in [6.45, 7) is 4.62. The van der Waals surface area contributed by atoms with Gasteiger partial charge < -0.3 is 24.8 Å². The van der Waals surface area contributed by atoms with Gasteiger partial charge >= 0.3 is 0 Å². The summed E-state index contributed by atoms with van der Waals surface area (Å²) < 4.78 is 11.3. The first kappa shape index (κ1) is 19.5. The van der Waals surface area contributed by atoms with E-state index in [1.54, 1.807) is 6.07 Å². The summed E-state index contributed by atoms with van der Waals surface area (Å²) in [6.07, 6.45) is 2.27. The van der Waals surface area contributed by atoms with Crippen LogP contribution in [0.1, 0.15) is 25.3 Å². The Bertz CT molecular complexity index is 745. The summed E-state index contributed by atoms with van der Waals surface area (Å²) >= 11 is 5.66. The molecule has 6 heteroatoms. The third-order valence-electron chi connectivity index (χ3n) is 4.50. The Morgan fingerprint density at radius 3 is 2.70 bits per heavy atom. The smallest absolute Gasteiger partial charge is 0.173 e. The van der Waals surface area contributed by atoms with E-state index >= 15 is 0 Å². The number of nitrogens with zero attached hydrogens (tertiary/aromatic N) is 1. The van der Waals surface area contributed by atoms with Gasteiger partial charge in [-0.3, -0.25) is 0 Å². The van der Waals surface area contributed by atoms with Crippen molar-refractivity contribution in [2.75, 3.05) is 25.1 Å². The van der Waals surface area contributed by atoms with Crippen molar-refractivity contribution in [2.24, 2.45) is 0 Å². The first-order chi connectivity index (χ1) is 13.2. The van der Waals surface area contributed by atoms with Crippen LogP contribution in [0.15, 0.2) is 48.5 Å². The second-order valence-electron chi connectivity index (χ2n) is 6.53. The molecule has 144 valence electrons. The zero-order valence-corrected chi connectivity index (χ0v) is 16.4. The first-order valence-electron chi connectivity index (χ1n) is 9.33. The molecular weight excluding hydrogens is 360 g/mol. The Hall–Kier alpha value is -2.31. The molecule has 1 aliphatic heterocycles. The van der Waals surface area contributed by atoms with Crippen LogP contribution in [0.25, 0.3) is 0 Å². The average molecular weight is 387 g/mol. The highest BCUT2D eigenvalue weighted by molar-refractivity contribution is 7.80. The Labute approximate surface area is 165 Å². The molecule has 1 heterocycles. The molecule has 1 saturated heterocycles. The quantitative estimate of drug-likeness (QED) is 0.697. The number of hydrogen-bond donors (Lipinski definition) is 2. The van der Waals surface area contributed by atoms with E-state index < -0.39 is 0 Å². The van der Waals surface area contributed by atoms with Crippen LogP contribution in [0.2, 0.25) is 0 Å². The van der Waals surface area contributed by atoms with Crippen molar-refractivity contribution < 1.29 is 14.6 Å². The van der Waals surface area contributed by atoms with Gasteiger partial charge in [-0.2, -0.15) is 0 Å². The maximum atomic E-state index is 10.1. The second-order valence-corrected chi connectivity index (χ2v) is 6.92. The van der Waals surface area contributed by atoms with Gasteiger partial charge in [-0.1, -0.05) is 18.2 Å². The first-order valence-corrected chi connectivity index (χ1v) is 9.74. The van der Waals surface area contributed by atoms with E-state index in [4.69, 9.17) is 21.7 Å². The molecule has 3 rings (SSSR count). The minimum Gasteiger partial charge on any atom is -0.508 e. The van der Waals surface area contributed by atoms with Gasteiger partial charge in [-0.15, -0.1) is 0 Å². The van der Waals surface area contributed by atoms with Crippen molar-refractivity contribution in [3.63, 3.8) is 0 Å². The van der Waals surface area contributed by atoms with E-state index in [9.17, 15) is 5.11 Å². The van der Waals surface area contributed by atoms with Gasteiger partial charge in [0.1, 0.15) is 11.5 Å². The minimum atomic E-state index is 0.163. The molecule has 27 heavy (non-hydrogen) atoms. The van der Waals surface area contributed by atoms with E-state index in [1.807, 2.05) is 49.4 Å². The summed E-state index contributed by atoms with van der Waals surface area (Å²) in [5, 5.41) is 14.0. The van der Waals surface area contributed by atoms with Crippen molar-refractivity contribution >= 4 is 23.0 Å². The molecule has 0 bridgehead atoms. The van der Waals surface area contributed by atoms with Gasteiger partial charge in [0.05, 0.1) is 12.7 Å². The van der Waals surface area contributed by atoms with Crippen LogP contribution in [0.5, 0.6) is 11.5 Å². The number of anilines is 1. The SMILES string of the molecule is CCOc1ccc(NC(=S)N(Cc2ccccc2O)C[C@@H]2CCCO2)cc1. The van der Waals surface area contributed by atoms with E-state index in [0.717, 1.165) is 36.4 Å². The lowest BCUT2D eigenvalue weighted by molar-refractivity contribution is 0.0904. The van der Waals surface area contributed by atoms with Crippen LogP contribution in [0.3, 0.4) is 0 Å². The number of ether oxygens (including phenoxy) is 2. The maximum absolute atomic E-state index is 10.1. The molecule has 0 saturated carbocycles. The summed E-state index contributed by atoms with van der Waals surface area (Å²) in [5.41, 5.74) is 1.74. The standard InChI is InChI=1S/C21H26N2O3S/c1-2-25-18-11-9-17(10-12-18)22-21(27)23(15-19-7-5-13-26-19)14-16-6-3-4-8-20(16)24/h3-4,6,8-12,19,24H,2,5,7,13-15H2,1H3,(H,22,27)/t19-/m0/s1. The highest BCUT2D eigenvalue weighted by atomic mass is 32.1. The summed E-state index contributed by atoms with van der Waals surface area (Å²) in [6, 6.07) is 15.1. The number of hydrogen-bond acceptors (Lipinski definition) is 4. The molecule has 1 aliphatic rings. The molecule has 1 fully saturated rings. The zero-order chi connectivity index (χ0) is 19.1. The predicted octanol–water partition coefficient (Wildman–Crippen LogP) is 4.17. The normalized spacial score (nSPS) is 16.1. The van der Waals surface area contributed by atoms with E-state index in [2.05, 4.69) is 10.2 Å². The number of benzene rings is 2. The number of rotatable bonds is 7. The van der Waals surface area contributed by atoms with Crippen molar-refractivity contribution in [3.05, 3.63) is 54.1 Å². The molecule has 0 aromatic heterocycles. The number of aromatic hydroxyl groups is 1. The third kappa shape index (κ3) is 5.58. The number of phenolic OH excluding ortho intramolecular Hbond substituents is 1. The average Bonchev–Trinajstić information content (AvgIpc) is 3.18. The molecule has 0 unspecified atom stereocenters. The minimum absolute atomic E-state index is 0.163. The van der Waals surface area contributed by atoms with Crippen LogP contribution in [0, 0.1) is 0 Å². The summed E-state index contributed by atoms with van der Waals surface area (Å²) in [7, 11) is 0. The Kier molecular flexibility index (Phi) is 6.90. The molecular formula is C21H26N2O3S. The molecule has 2 aromatic carbocycles. The van der Waals surface area contributed by atoms with Gasteiger partial charge in [0.2, 0.25) is 0 Å². The Balaban J connectivity index is 1.70.